The lowest BCUT2D eigenvalue weighted by Crippen LogP contribution is -2.44. The summed E-state index contributed by atoms with van der Waals surface area (Å²) in [4.78, 5) is 8.99. The second-order valence-electron chi connectivity index (χ2n) is 4.43. The Morgan fingerprint density at radius 3 is 2.76 bits per heavy atom. The molecule has 3 rings (SSSR count). The van der Waals surface area contributed by atoms with E-state index in [4.69, 9.17) is 0 Å². The van der Waals surface area contributed by atoms with E-state index in [0.717, 1.165) is 25.5 Å². The number of hydrazine groups is 1. The highest BCUT2D eigenvalue weighted by atomic mass is 15.7. The van der Waals surface area contributed by atoms with Crippen molar-refractivity contribution in [2.75, 3.05) is 19.6 Å². The Hall–Kier alpha value is -1.84. The average molecular weight is 228 g/mol. The first-order chi connectivity index (χ1) is 8.34. The van der Waals surface area contributed by atoms with Crippen molar-refractivity contribution in [2.24, 2.45) is 9.98 Å². The lowest BCUT2D eigenvalue weighted by atomic mass is 10.2. The Bertz CT molecular complexity index is 452. The van der Waals surface area contributed by atoms with Gasteiger partial charge in [0.15, 0.2) is 0 Å². The largest absolute Gasteiger partial charge is 0.271 e. The van der Waals surface area contributed by atoms with Gasteiger partial charge >= 0.3 is 0 Å². The topological polar surface area (TPSA) is 31.2 Å². The monoisotopic (exact) mass is 228 g/mol. The van der Waals surface area contributed by atoms with Crippen molar-refractivity contribution in [1.29, 1.82) is 0 Å². The van der Waals surface area contributed by atoms with E-state index < -0.39 is 0 Å². The summed E-state index contributed by atoms with van der Waals surface area (Å²) < 4.78 is 0. The molecule has 0 aliphatic carbocycles. The predicted octanol–water partition coefficient (Wildman–Crippen LogP) is 1.40. The van der Waals surface area contributed by atoms with Crippen molar-refractivity contribution in [3.63, 3.8) is 0 Å². The molecule has 1 aromatic rings. The van der Waals surface area contributed by atoms with Crippen molar-refractivity contribution in [1.82, 2.24) is 10.0 Å². The lowest BCUT2D eigenvalue weighted by molar-refractivity contribution is 0.162. The summed E-state index contributed by atoms with van der Waals surface area (Å²) in [5.41, 5.74) is 1.18. The van der Waals surface area contributed by atoms with Crippen molar-refractivity contribution in [3.8, 4) is 0 Å². The van der Waals surface area contributed by atoms with E-state index in [2.05, 4.69) is 51.2 Å². The molecule has 0 saturated carbocycles. The van der Waals surface area contributed by atoms with Gasteiger partial charge in [-0.2, -0.15) is 0 Å². The highest BCUT2D eigenvalue weighted by Crippen LogP contribution is 2.16. The van der Waals surface area contributed by atoms with E-state index in [1.165, 1.54) is 5.56 Å². The maximum Gasteiger partial charge on any atom is 0.150 e. The number of aliphatic imine (C=N–C) groups is 2. The quantitative estimate of drug-likeness (QED) is 0.766. The van der Waals surface area contributed by atoms with Crippen LogP contribution < -0.4 is 0 Å². The fourth-order valence-corrected chi connectivity index (χ4v) is 2.23. The van der Waals surface area contributed by atoms with Crippen LogP contribution in [0.1, 0.15) is 12.5 Å². The van der Waals surface area contributed by atoms with Gasteiger partial charge in [-0.25, -0.2) is 0 Å². The van der Waals surface area contributed by atoms with Gasteiger partial charge in [0.05, 0.1) is 25.7 Å². The number of hydrogen-bond acceptors (Lipinski definition) is 4. The van der Waals surface area contributed by atoms with Gasteiger partial charge in [0.2, 0.25) is 0 Å². The molecule has 2 aliphatic heterocycles. The Morgan fingerprint density at radius 2 is 2.06 bits per heavy atom. The van der Waals surface area contributed by atoms with Gasteiger partial charge in [-0.3, -0.25) is 20.0 Å². The molecule has 1 atom stereocenters. The van der Waals surface area contributed by atoms with Crippen LogP contribution >= 0.6 is 0 Å². The number of amidine groups is 1. The van der Waals surface area contributed by atoms with E-state index in [0.29, 0.717) is 6.04 Å². The van der Waals surface area contributed by atoms with E-state index in [1.807, 2.05) is 12.4 Å². The molecule has 0 saturated heterocycles. The average Bonchev–Trinajstić information content (AvgIpc) is 2.98. The number of hydrogen-bond donors (Lipinski definition) is 0. The molecule has 2 aliphatic rings. The van der Waals surface area contributed by atoms with E-state index in [9.17, 15) is 0 Å². The zero-order valence-electron chi connectivity index (χ0n) is 9.95. The van der Waals surface area contributed by atoms with Crippen LogP contribution in [-0.4, -0.2) is 47.9 Å². The Kier molecular flexibility index (Phi) is 2.55. The Labute approximate surface area is 101 Å². The fraction of sp³-hybridized carbons (Fsp3) is 0.385. The van der Waals surface area contributed by atoms with E-state index in [1.54, 1.807) is 0 Å². The number of nitrogens with zero attached hydrogens (tertiary/aromatic N) is 4. The maximum absolute atomic E-state index is 4.60. The standard InChI is InChI=1S/C13H16N4/c1-11-9-16(10-15-11)17-8-7-14-13(17)12-5-3-2-4-6-12/h2-6,10-11H,7-9H2,1H3. The molecule has 0 amide bonds. The lowest BCUT2D eigenvalue weighted by Gasteiger charge is -2.29. The molecule has 2 heterocycles. The van der Waals surface area contributed by atoms with Gasteiger partial charge in [-0.1, -0.05) is 30.3 Å². The van der Waals surface area contributed by atoms with Crippen LogP contribution in [0.3, 0.4) is 0 Å². The molecule has 1 aromatic carbocycles. The van der Waals surface area contributed by atoms with Crippen LogP contribution in [0.5, 0.6) is 0 Å². The minimum atomic E-state index is 0.382. The van der Waals surface area contributed by atoms with Gasteiger partial charge in [0, 0.05) is 5.56 Å². The molecule has 88 valence electrons. The molecule has 17 heavy (non-hydrogen) atoms. The Morgan fingerprint density at radius 1 is 1.24 bits per heavy atom. The second kappa shape index (κ2) is 4.20. The third kappa shape index (κ3) is 1.90. The van der Waals surface area contributed by atoms with Crippen LogP contribution in [0, 0.1) is 0 Å². The summed E-state index contributed by atoms with van der Waals surface area (Å²) in [6.45, 7) is 4.89. The summed E-state index contributed by atoms with van der Waals surface area (Å²) in [5, 5.41) is 4.39. The van der Waals surface area contributed by atoms with Crippen LogP contribution in [0.25, 0.3) is 0 Å². The summed E-state index contributed by atoms with van der Waals surface area (Å²) in [5.74, 6) is 1.06. The Balaban J connectivity index is 1.83. The van der Waals surface area contributed by atoms with E-state index >= 15 is 0 Å². The fourth-order valence-electron chi connectivity index (χ4n) is 2.23. The zero-order chi connectivity index (χ0) is 11.7. The van der Waals surface area contributed by atoms with Gasteiger partial charge in [0.1, 0.15) is 12.2 Å². The summed E-state index contributed by atoms with van der Waals surface area (Å²) >= 11 is 0. The SMILES string of the molecule is CC1CN(N2CCN=C2c2ccccc2)C=N1. The first kappa shape index (κ1) is 10.3. The molecule has 0 aromatic heterocycles. The molecule has 0 spiro atoms. The normalized spacial score (nSPS) is 23.4. The predicted molar refractivity (Wildman–Crippen MR) is 69.2 cm³/mol. The van der Waals surface area contributed by atoms with Crippen LogP contribution in [-0.2, 0) is 0 Å². The van der Waals surface area contributed by atoms with Gasteiger partial charge in [-0.05, 0) is 6.92 Å². The first-order valence-corrected chi connectivity index (χ1v) is 6.02. The molecule has 0 N–H and O–H groups in total. The van der Waals surface area contributed by atoms with Gasteiger partial charge < -0.3 is 0 Å². The minimum Gasteiger partial charge on any atom is -0.271 e. The second-order valence-corrected chi connectivity index (χ2v) is 4.43. The maximum atomic E-state index is 4.60. The highest BCUT2D eigenvalue weighted by Gasteiger charge is 2.26. The summed E-state index contributed by atoms with van der Waals surface area (Å²) in [6, 6.07) is 10.7. The van der Waals surface area contributed by atoms with Crippen molar-refractivity contribution in [3.05, 3.63) is 35.9 Å². The molecule has 4 nitrogen and oxygen atoms in total. The van der Waals surface area contributed by atoms with E-state index in [-0.39, 0.29) is 0 Å². The summed E-state index contributed by atoms with van der Waals surface area (Å²) in [7, 11) is 0. The third-order valence-corrected chi connectivity index (χ3v) is 3.07. The van der Waals surface area contributed by atoms with Crippen LogP contribution in [0.15, 0.2) is 40.3 Å². The van der Waals surface area contributed by atoms with Crippen molar-refractivity contribution >= 4 is 12.2 Å². The van der Waals surface area contributed by atoms with Crippen molar-refractivity contribution in [2.45, 2.75) is 13.0 Å². The summed E-state index contributed by atoms with van der Waals surface area (Å²) in [6.07, 6.45) is 1.93. The molecule has 0 fully saturated rings. The highest BCUT2D eigenvalue weighted by molar-refractivity contribution is 6.00. The van der Waals surface area contributed by atoms with Crippen LogP contribution in [0.4, 0.5) is 0 Å². The van der Waals surface area contributed by atoms with Crippen molar-refractivity contribution < 1.29 is 0 Å². The molecule has 1 unspecified atom stereocenters. The van der Waals surface area contributed by atoms with Gasteiger partial charge in [-0.15, -0.1) is 0 Å². The zero-order valence-corrected chi connectivity index (χ0v) is 9.95. The molecular weight excluding hydrogens is 212 g/mol. The number of rotatable bonds is 2. The van der Waals surface area contributed by atoms with Gasteiger partial charge in [0.25, 0.3) is 0 Å². The molecular formula is C13H16N4. The number of benzene rings is 1. The first-order valence-electron chi connectivity index (χ1n) is 6.02. The van der Waals surface area contributed by atoms with Crippen LogP contribution in [0.2, 0.25) is 0 Å². The molecule has 0 bridgehead atoms. The third-order valence-electron chi connectivity index (χ3n) is 3.07. The molecule has 4 heteroatoms. The smallest absolute Gasteiger partial charge is 0.150 e. The molecule has 0 radical (unpaired) electrons. The minimum absolute atomic E-state index is 0.382.